The number of aliphatic hydroxyl groups is 1. The molecule has 7 heteroatoms. The van der Waals surface area contributed by atoms with Crippen LogP contribution < -0.4 is 0 Å². The molecule has 138 valence electrons. The van der Waals surface area contributed by atoms with E-state index in [2.05, 4.69) is 0 Å². The van der Waals surface area contributed by atoms with Gasteiger partial charge < -0.3 is 19.5 Å². The van der Waals surface area contributed by atoms with Crippen molar-refractivity contribution in [3.05, 3.63) is 0 Å². The van der Waals surface area contributed by atoms with Gasteiger partial charge in [-0.1, -0.05) is 0 Å². The summed E-state index contributed by atoms with van der Waals surface area (Å²) in [5.41, 5.74) is -1.57. The zero-order valence-corrected chi connectivity index (χ0v) is 15.5. The van der Waals surface area contributed by atoms with Crippen molar-refractivity contribution in [2.24, 2.45) is 0 Å². The third-order valence-corrected chi connectivity index (χ3v) is 4.40. The lowest BCUT2D eigenvalue weighted by Gasteiger charge is -2.37. The SMILES string of the molecule is CC1OC(C)(C)N(C(=O)OC(C)(C)C)C1C(=O)N1CCC(O)CC1. The Morgan fingerprint density at radius 2 is 1.75 bits per heavy atom. The molecule has 0 aromatic carbocycles. The lowest BCUT2D eigenvalue weighted by molar-refractivity contribution is -0.139. The molecule has 7 nitrogen and oxygen atoms in total. The van der Waals surface area contributed by atoms with Crippen molar-refractivity contribution in [1.29, 1.82) is 0 Å². The molecule has 1 N–H and O–H groups in total. The van der Waals surface area contributed by atoms with Crippen LogP contribution in [-0.4, -0.2) is 69.6 Å². The van der Waals surface area contributed by atoms with Gasteiger partial charge in [0.2, 0.25) is 5.91 Å². The number of hydrogen-bond donors (Lipinski definition) is 1. The van der Waals surface area contributed by atoms with Crippen molar-refractivity contribution in [3.63, 3.8) is 0 Å². The van der Waals surface area contributed by atoms with E-state index in [1.807, 2.05) is 0 Å². The van der Waals surface area contributed by atoms with E-state index in [4.69, 9.17) is 9.47 Å². The van der Waals surface area contributed by atoms with E-state index in [1.54, 1.807) is 46.4 Å². The van der Waals surface area contributed by atoms with Crippen molar-refractivity contribution in [2.45, 2.75) is 84.0 Å². The summed E-state index contributed by atoms with van der Waals surface area (Å²) in [6, 6.07) is -0.718. The van der Waals surface area contributed by atoms with E-state index in [-0.39, 0.29) is 12.0 Å². The summed E-state index contributed by atoms with van der Waals surface area (Å²) in [5.74, 6) is -0.147. The highest BCUT2D eigenvalue weighted by Crippen LogP contribution is 2.34. The molecular formula is C17H30N2O5. The van der Waals surface area contributed by atoms with Crippen LogP contribution in [0, 0.1) is 0 Å². The van der Waals surface area contributed by atoms with Crippen LogP contribution in [0.2, 0.25) is 0 Å². The van der Waals surface area contributed by atoms with Gasteiger partial charge in [0.1, 0.15) is 17.4 Å². The van der Waals surface area contributed by atoms with Crippen molar-refractivity contribution in [3.8, 4) is 0 Å². The molecule has 0 bridgehead atoms. The fraction of sp³-hybridized carbons (Fsp3) is 0.882. The number of nitrogens with zero attached hydrogens (tertiary/aromatic N) is 2. The molecule has 2 aliphatic rings. The zero-order valence-electron chi connectivity index (χ0n) is 15.5. The van der Waals surface area contributed by atoms with E-state index in [0.29, 0.717) is 25.9 Å². The summed E-state index contributed by atoms with van der Waals surface area (Å²) in [7, 11) is 0. The maximum atomic E-state index is 13.0. The van der Waals surface area contributed by atoms with Crippen molar-refractivity contribution >= 4 is 12.0 Å². The molecule has 0 aromatic rings. The highest BCUT2D eigenvalue weighted by atomic mass is 16.6. The molecule has 2 unspecified atom stereocenters. The van der Waals surface area contributed by atoms with E-state index < -0.39 is 29.6 Å². The van der Waals surface area contributed by atoms with Gasteiger partial charge in [-0.3, -0.25) is 9.69 Å². The number of ether oxygens (including phenoxy) is 2. The molecular weight excluding hydrogens is 312 g/mol. The minimum Gasteiger partial charge on any atom is -0.444 e. The average molecular weight is 342 g/mol. The number of aliphatic hydroxyl groups excluding tert-OH is 1. The molecule has 24 heavy (non-hydrogen) atoms. The molecule has 0 aromatic heterocycles. The second-order valence-electron chi connectivity index (χ2n) is 8.12. The Labute approximate surface area is 143 Å². The largest absolute Gasteiger partial charge is 0.444 e. The summed E-state index contributed by atoms with van der Waals surface area (Å²) < 4.78 is 11.4. The number of rotatable bonds is 1. The molecule has 2 rings (SSSR count). The Hall–Kier alpha value is -1.34. The standard InChI is InChI=1S/C17H30N2O5/c1-11-13(14(21)18-9-7-12(20)8-10-18)19(17(5,6)23-11)15(22)24-16(2,3)4/h11-13,20H,7-10H2,1-6H3. The first-order valence-corrected chi connectivity index (χ1v) is 8.59. The predicted molar refractivity (Wildman–Crippen MR) is 88.3 cm³/mol. The normalized spacial score (nSPS) is 28.1. The number of amides is 2. The van der Waals surface area contributed by atoms with Crippen LogP contribution in [0.25, 0.3) is 0 Å². The fourth-order valence-corrected chi connectivity index (χ4v) is 3.35. The minimum absolute atomic E-state index is 0.147. The first-order valence-electron chi connectivity index (χ1n) is 8.59. The molecule has 0 spiro atoms. The van der Waals surface area contributed by atoms with Crippen molar-refractivity contribution in [2.75, 3.05) is 13.1 Å². The summed E-state index contributed by atoms with van der Waals surface area (Å²) in [4.78, 5) is 28.8. The minimum atomic E-state index is -0.919. The molecule has 2 heterocycles. The van der Waals surface area contributed by atoms with Crippen LogP contribution in [0.3, 0.4) is 0 Å². The maximum absolute atomic E-state index is 13.0. The van der Waals surface area contributed by atoms with Crippen LogP contribution >= 0.6 is 0 Å². The number of carbonyl (C=O) groups is 2. The molecule has 2 fully saturated rings. The van der Waals surface area contributed by atoms with E-state index in [9.17, 15) is 14.7 Å². The zero-order chi connectivity index (χ0) is 18.3. The summed E-state index contributed by atoms with van der Waals surface area (Å²) >= 11 is 0. The average Bonchev–Trinajstić information content (AvgIpc) is 2.66. The first-order chi connectivity index (χ1) is 10.9. The molecule has 2 aliphatic heterocycles. The quantitative estimate of drug-likeness (QED) is 0.785. The molecule has 2 atom stereocenters. The third-order valence-electron chi connectivity index (χ3n) is 4.40. The van der Waals surface area contributed by atoms with Gasteiger partial charge in [-0.15, -0.1) is 0 Å². The van der Waals surface area contributed by atoms with Crippen LogP contribution in [0.15, 0.2) is 0 Å². The second kappa shape index (κ2) is 6.52. The molecule has 2 saturated heterocycles. The number of piperidine rings is 1. The fourth-order valence-electron chi connectivity index (χ4n) is 3.35. The Bertz CT molecular complexity index is 492. The van der Waals surface area contributed by atoms with Crippen LogP contribution in [0.1, 0.15) is 54.4 Å². The van der Waals surface area contributed by atoms with Crippen molar-refractivity contribution in [1.82, 2.24) is 9.80 Å². The van der Waals surface area contributed by atoms with Gasteiger partial charge in [0, 0.05) is 13.1 Å². The third kappa shape index (κ3) is 4.00. The smallest absolute Gasteiger partial charge is 0.413 e. The van der Waals surface area contributed by atoms with Crippen molar-refractivity contribution < 1.29 is 24.2 Å². The summed E-state index contributed by atoms with van der Waals surface area (Å²) in [6.07, 6.45) is -0.212. The summed E-state index contributed by atoms with van der Waals surface area (Å²) in [5, 5.41) is 9.63. The molecule has 2 amide bonds. The van der Waals surface area contributed by atoms with Gasteiger partial charge in [-0.05, 0) is 54.4 Å². The highest BCUT2D eigenvalue weighted by molar-refractivity contribution is 5.87. The second-order valence-corrected chi connectivity index (χ2v) is 8.12. The highest BCUT2D eigenvalue weighted by Gasteiger charge is 2.53. The molecule has 0 aliphatic carbocycles. The number of likely N-dealkylation sites (tertiary alicyclic amines) is 1. The topological polar surface area (TPSA) is 79.3 Å². The van der Waals surface area contributed by atoms with Gasteiger partial charge >= 0.3 is 6.09 Å². The van der Waals surface area contributed by atoms with Gasteiger partial charge in [0.25, 0.3) is 0 Å². The van der Waals surface area contributed by atoms with E-state index in [0.717, 1.165) is 0 Å². The predicted octanol–water partition coefficient (Wildman–Crippen LogP) is 1.73. The van der Waals surface area contributed by atoms with Gasteiger partial charge in [0.05, 0.1) is 12.2 Å². The Balaban J connectivity index is 2.21. The lowest BCUT2D eigenvalue weighted by atomic mass is 10.0. The number of hydrogen-bond acceptors (Lipinski definition) is 5. The molecule has 0 saturated carbocycles. The Morgan fingerprint density at radius 1 is 1.21 bits per heavy atom. The number of carbonyl (C=O) groups excluding carboxylic acids is 2. The monoisotopic (exact) mass is 342 g/mol. The van der Waals surface area contributed by atoms with E-state index in [1.165, 1.54) is 4.90 Å². The van der Waals surface area contributed by atoms with Gasteiger partial charge in [0.15, 0.2) is 0 Å². The van der Waals surface area contributed by atoms with E-state index >= 15 is 0 Å². The van der Waals surface area contributed by atoms with Crippen LogP contribution in [-0.2, 0) is 14.3 Å². The van der Waals surface area contributed by atoms with Gasteiger partial charge in [-0.25, -0.2) is 4.79 Å². The Morgan fingerprint density at radius 3 is 2.25 bits per heavy atom. The summed E-state index contributed by atoms with van der Waals surface area (Å²) in [6.45, 7) is 11.7. The lowest BCUT2D eigenvalue weighted by Crippen LogP contribution is -2.57. The first kappa shape index (κ1) is 19.0. The van der Waals surface area contributed by atoms with Gasteiger partial charge in [-0.2, -0.15) is 0 Å². The maximum Gasteiger partial charge on any atom is 0.413 e. The Kier molecular flexibility index (Phi) is 5.16. The van der Waals surface area contributed by atoms with Crippen LogP contribution in [0.4, 0.5) is 4.79 Å². The van der Waals surface area contributed by atoms with Crippen LogP contribution in [0.5, 0.6) is 0 Å². The molecule has 0 radical (unpaired) electrons.